The van der Waals surface area contributed by atoms with Crippen LogP contribution in [0.1, 0.15) is 12.0 Å². The molecule has 0 aromatic heterocycles. The quantitative estimate of drug-likeness (QED) is 0.272. The van der Waals surface area contributed by atoms with Crippen molar-refractivity contribution in [3.05, 3.63) is 66.0 Å². The largest absolute Gasteiger partial charge is 0.356 e. The number of hydrogen-bond acceptors (Lipinski definition) is 3. The van der Waals surface area contributed by atoms with Gasteiger partial charge in [-0.25, -0.2) is 12.8 Å². The summed E-state index contributed by atoms with van der Waals surface area (Å²) in [4.78, 5) is 6.45. The first kappa shape index (κ1) is 23.4. The molecule has 0 bridgehead atoms. The lowest BCUT2D eigenvalue weighted by Crippen LogP contribution is -2.39. The Morgan fingerprint density at radius 2 is 1.74 bits per heavy atom. The fourth-order valence-corrected chi connectivity index (χ4v) is 3.86. The minimum Gasteiger partial charge on any atom is -0.356 e. The molecule has 2 rings (SSSR count). The van der Waals surface area contributed by atoms with E-state index in [0.29, 0.717) is 30.4 Å². The van der Waals surface area contributed by atoms with Crippen molar-refractivity contribution in [1.29, 1.82) is 0 Å². The SMILES string of the molecule is CN=C(NCCCS(=O)(=O)c1ccccc1)N(C)Cc1ccc(F)cc1.I. The van der Waals surface area contributed by atoms with E-state index >= 15 is 0 Å². The summed E-state index contributed by atoms with van der Waals surface area (Å²) in [5, 5.41) is 3.16. The van der Waals surface area contributed by atoms with Gasteiger partial charge in [0, 0.05) is 27.2 Å². The molecule has 8 heteroatoms. The molecule has 0 saturated heterocycles. The lowest BCUT2D eigenvalue weighted by atomic mass is 10.2. The minimum absolute atomic E-state index is 0. The maximum atomic E-state index is 13.0. The third-order valence-electron chi connectivity index (χ3n) is 3.88. The van der Waals surface area contributed by atoms with E-state index < -0.39 is 9.84 Å². The molecule has 0 aliphatic rings. The molecule has 0 heterocycles. The van der Waals surface area contributed by atoms with Crippen LogP contribution >= 0.6 is 24.0 Å². The zero-order valence-electron chi connectivity index (χ0n) is 15.4. The van der Waals surface area contributed by atoms with E-state index in [4.69, 9.17) is 0 Å². The van der Waals surface area contributed by atoms with Crippen LogP contribution in [0, 0.1) is 5.82 Å². The van der Waals surface area contributed by atoms with E-state index in [1.807, 2.05) is 11.9 Å². The first-order valence-corrected chi connectivity index (χ1v) is 10.0. The molecule has 0 radical (unpaired) electrons. The van der Waals surface area contributed by atoms with E-state index in [1.54, 1.807) is 49.5 Å². The smallest absolute Gasteiger partial charge is 0.193 e. The van der Waals surface area contributed by atoms with Gasteiger partial charge in [0.25, 0.3) is 0 Å². The number of halogens is 2. The highest BCUT2D eigenvalue weighted by Gasteiger charge is 2.13. The molecule has 0 saturated carbocycles. The number of nitrogens with zero attached hydrogens (tertiary/aromatic N) is 2. The second-order valence-electron chi connectivity index (χ2n) is 5.94. The van der Waals surface area contributed by atoms with Crippen LogP contribution in [-0.4, -0.2) is 45.7 Å². The molecule has 27 heavy (non-hydrogen) atoms. The minimum atomic E-state index is -3.27. The maximum absolute atomic E-state index is 13.0. The second kappa shape index (κ2) is 11.2. The van der Waals surface area contributed by atoms with Gasteiger partial charge in [-0.2, -0.15) is 0 Å². The summed E-state index contributed by atoms with van der Waals surface area (Å²) in [6, 6.07) is 14.8. The number of benzene rings is 2. The summed E-state index contributed by atoms with van der Waals surface area (Å²) in [5.41, 5.74) is 0.962. The zero-order valence-corrected chi connectivity index (χ0v) is 18.6. The van der Waals surface area contributed by atoms with E-state index in [-0.39, 0.29) is 35.5 Å². The predicted octanol–water partition coefficient (Wildman–Crippen LogP) is 3.31. The van der Waals surface area contributed by atoms with Gasteiger partial charge in [-0.05, 0) is 36.2 Å². The number of guanidine groups is 1. The van der Waals surface area contributed by atoms with Crippen molar-refractivity contribution in [2.24, 2.45) is 4.99 Å². The topological polar surface area (TPSA) is 61.8 Å². The van der Waals surface area contributed by atoms with Crippen LogP contribution < -0.4 is 5.32 Å². The van der Waals surface area contributed by atoms with Crippen LogP contribution in [0.4, 0.5) is 4.39 Å². The van der Waals surface area contributed by atoms with Crippen molar-refractivity contribution in [3.63, 3.8) is 0 Å². The molecule has 0 amide bonds. The van der Waals surface area contributed by atoms with Crippen molar-refractivity contribution >= 4 is 39.8 Å². The molecule has 0 fully saturated rings. The molecule has 0 aliphatic carbocycles. The van der Waals surface area contributed by atoms with Crippen molar-refractivity contribution in [3.8, 4) is 0 Å². The highest BCUT2D eigenvalue weighted by atomic mass is 127. The fraction of sp³-hybridized carbons (Fsp3) is 0.316. The summed E-state index contributed by atoms with van der Waals surface area (Å²) in [7, 11) is 0.278. The standard InChI is InChI=1S/C19H24FN3O2S.HI/c1-21-19(23(2)15-16-9-11-17(20)12-10-16)22-13-6-14-26(24,25)18-7-4-3-5-8-18;/h3-5,7-12H,6,13-15H2,1-2H3,(H,21,22);1H. The molecule has 5 nitrogen and oxygen atoms in total. The third kappa shape index (κ3) is 7.45. The zero-order chi connectivity index (χ0) is 19.0. The maximum Gasteiger partial charge on any atom is 0.193 e. The first-order valence-electron chi connectivity index (χ1n) is 8.36. The molecular formula is C19H25FIN3O2S. The van der Waals surface area contributed by atoms with Gasteiger partial charge in [0.2, 0.25) is 0 Å². The van der Waals surface area contributed by atoms with Crippen LogP contribution in [0.5, 0.6) is 0 Å². The molecule has 0 unspecified atom stereocenters. The Morgan fingerprint density at radius 3 is 2.33 bits per heavy atom. The molecule has 0 spiro atoms. The van der Waals surface area contributed by atoms with Crippen molar-refractivity contribution in [2.75, 3.05) is 26.4 Å². The third-order valence-corrected chi connectivity index (χ3v) is 5.70. The van der Waals surface area contributed by atoms with E-state index in [0.717, 1.165) is 5.56 Å². The molecular weight excluding hydrogens is 480 g/mol. The molecule has 148 valence electrons. The van der Waals surface area contributed by atoms with Crippen LogP contribution in [0.2, 0.25) is 0 Å². The van der Waals surface area contributed by atoms with Crippen LogP contribution in [0.15, 0.2) is 64.5 Å². The van der Waals surface area contributed by atoms with Gasteiger partial charge in [-0.15, -0.1) is 24.0 Å². The number of aliphatic imine (C=N–C) groups is 1. The second-order valence-corrected chi connectivity index (χ2v) is 8.05. The van der Waals surface area contributed by atoms with Gasteiger partial charge in [0.05, 0.1) is 10.6 Å². The molecule has 2 aromatic rings. The first-order chi connectivity index (χ1) is 12.4. The van der Waals surface area contributed by atoms with Crippen molar-refractivity contribution in [2.45, 2.75) is 17.9 Å². The number of rotatable bonds is 7. The molecule has 1 N–H and O–H groups in total. The number of sulfone groups is 1. The predicted molar refractivity (Wildman–Crippen MR) is 118 cm³/mol. The van der Waals surface area contributed by atoms with E-state index in [9.17, 15) is 12.8 Å². The summed E-state index contributed by atoms with van der Waals surface area (Å²) < 4.78 is 37.5. The average Bonchev–Trinajstić information content (AvgIpc) is 2.64. The Bertz CT molecular complexity index is 828. The Kier molecular flexibility index (Phi) is 9.71. The monoisotopic (exact) mass is 505 g/mol. The van der Waals surface area contributed by atoms with Gasteiger partial charge in [0.15, 0.2) is 15.8 Å². The lowest BCUT2D eigenvalue weighted by Gasteiger charge is -2.22. The lowest BCUT2D eigenvalue weighted by molar-refractivity contribution is 0.476. The Hall–Kier alpha value is -1.68. The Balaban J connectivity index is 0.00000364. The summed E-state index contributed by atoms with van der Waals surface area (Å²) in [5.74, 6) is 0.466. The van der Waals surface area contributed by atoms with Gasteiger partial charge in [0.1, 0.15) is 5.82 Å². The molecule has 0 atom stereocenters. The number of hydrogen-bond donors (Lipinski definition) is 1. The van der Waals surface area contributed by atoms with Gasteiger partial charge < -0.3 is 10.2 Å². The highest BCUT2D eigenvalue weighted by Crippen LogP contribution is 2.11. The average molecular weight is 505 g/mol. The fourth-order valence-electron chi connectivity index (χ4n) is 2.53. The van der Waals surface area contributed by atoms with Crippen molar-refractivity contribution in [1.82, 2.24) is 10.2 Å². The van der Waals surface area contributed by atoms with E-state index in [2.05, 4.69) is 10.3 Å². The van der Waals surface area contributed by atoms with Crippen molar-refractivity contribution < 1.29 is 12.8 Å². The summed E-state index contributed by atoms with van der Waals surface area (Å²) in [6.45, 7) is 1.06. The Labute approximate surface area is 177 Å². The molecule has 2 aromatic carbocycles. The van der Waals surface area contributed by atoms with Crippen LogP contribution in [-0.2, 0) is 16.4 Å². The van der Waals surface area contributed by atoms with Gasteiger partial charge >= 0.3 is 0 Å². The number of nitrogens with one attached hydrogen (secondary N) is 1. The summed E-state index contributed by atoms with van der Waals surface area (Å²) >= 11 is 0. The summed E-state index contributed by atoms with van der Waals surface area (Å²) in [6.07, 6.45) is 0.473. The van der Waals surface area contributed by atoms with Crippen LogP contribution in [0.3, 0.4) is 0 Å². The van der Waals surface area contributed by atoms with Crippen LogP contribution in [0.25, 0.3) is 0 Å². The van der Waals surface area contributed by atoms with Gasteiger partial charge in [-0.3, -0.25) is 4.99 Å². The van der Waals surface area contributed by atoms with Gasteiger partial charge in [-0.1, -0.05) is 30.3 Å². The normalized spacial score (nSPS) is 11.6. The molecule has 0 aliphatic heterocycles. The highest BCUT2D eigenvalue weighted by molar-refractivity contribution is 14.0. The Morgan fingerprint density at radius 1 is 1.11 bits per heavy atom. The van der Waals surface area contributed by atoms with E-state index in [1.165, 1.54) is 12.1 Å².